The number of carboxylic acid groups (broad SMARTS) is 2. The van der Waals surface area contributed by atoms with Gasteiger partial charge >= 0.3 is 11.9 Å². The molecule has 3 aromatic carbocycles. The van der Waals surface area contributed by atoms with Crippen molar-refractivity contribution in [2.45, 2.75) is 64.8 Å². The Morgan fingerprint density at radius 3 is 2.00 bits per heavy atom. The molecular formula is C33H38N2O6. The van der Waals surface area contributed by atoms with Crippen molar-refractivity contribution in [3.8, 4) is 16.9 Å². The average Bonchev–Trinajstić information content (AvgIpc) is 3.47. The molecule has 8 heteroatoms. The van der Waals surface area contributed by atoms with E-state index in [0.717, 1.165) is 55.9 Å². The SMILES string of the molecule is Cc1c(C)c2c(c(C)c1N)CC(C)(CN1CCC(OC3c4ccccc4-c4ccccc43)CC1)O2.O=C(O)C(=O)O. The maximum atomic E-state index is 9.10. The number of carboxylic acids is 2. The van der Waals surface area contributed by atoms with Gasteiger partial charge in [-0.15, -0.1) is 0 Å². The Hall–Kier alpha value is -3.88. The molecule has 0 amide bonds. The number of aliphatic carboxylic acids is 2. The molecule has 41 heavy (non-hydrogen) atoms. The van der Waals surface area contributed by atoms with Gasteiger partial charge in [-0.3, -0.25) is 4.90 Å². The highest BCUT2D eigenvalue weighted by molar-refractivity contribution is 6.27. The van der Waals surface area contributed by atoms with Crippen molar-refractivity contribution in [3.63, 3.8) is 0 Å². The topological polar surface area (TPSA) is 122 Å². The monoisotopic (exact) mass is 558 g/mol. The van der Waals surface area contributed by atoms with Crippen molar-refractivity contribution < 1.29 is 29.3 Å². The van der Waals surface area contributed by atoms with E-state index < -0.39 is 11.9 Å². The van der Waals surface area contributed by atoms with Gasteiger partial charge in [0.1, 0.15) is 17.5 Å². The van der Waals surface area contributed by atoms with Crippen LogP contribution in [-0.2, 0) is 20.7 Å². The largest absolute Gasteiger partial charge is 0.485 e. The molecule has 1 saturated heterocycles. The number of benzene rings is 3. The standard InChI is InChI=1S/C31H36N2O2.C2H2O4/c1-19-20(2)29-27(21(3)28(19)32)17-31(4,35-29)18-33-15-13-22(14-16-33)34-30-25-11-7-5-9-23(25)24-10-6-8-12-26(24)30;3-1(4)2(5)6/h5-12,22,30H,13-18,32H2,1-4H3;(H,3,4)(H,5,6). The maximum Gasteiger partial charge on any atom is 0.414 e. The fourth-order valence-corrected chi connectivity index (χ4v) is 6.43. The molecule has 3 aliphatic rings. The van der Waals surface area contributed by atoms with Gasteiger partial charge < -0.3 is 25.4 Å². The molecule has 8 nitrogen and oxygen atoms in total. The molecule has 0 spiro atoms. The molecule has 6 rings (SSSR count). The summed E-state index contributed by atoms with van der Waals surface area (Å²) in [6.45, 7) is 11.6. The molecule has 3 aromatic rings. The summed E-state index contributed by atoms with van der Waals surface area (Å²) >= 11 is 0. The minimum atomic E-state index is -1.82. The van der Waals surface area contributed by atoms with Crippen LogP contribution in [0.3, 0.4) is 0 Å². The second kappa shape index (κ2) is 11.2. The Bertz CT molecular complexity index is 1400. The average molecular weight is 559 g/mol. The minimum Gasteiger partial charge on any atom is -0.485 e. The number of piperidine rings is 1. The van der Waals surface area contributed by atoms with E-state index in [1.54, 1.807) is 0 Å². The number of fused-ring (bicyclic) bond motifs is 4. The number of ether oxygens (including phenoxy) is 2. The lowest BCUT2D eigenvalue weighted by Gasteiger charge is -2.37. The summed E-state index contributed by atoms with van der Waals surface area (Å²) in [5.74, 6) is -2.58. The first-order valence-electron chi connectivity index (χ1n) is 14.1. The lowest BCUT2D eigenvalue weighted by atomic mass is 9.91. The highest BCUT2D eigenvalue weighted by Crippen LogP contribution is 2.47. The summed E-state index contributed by atoms with van der Waals surface area (Å²) in [6, 6.07) is 17.4. The molecule has 1 fully saturated rings. The predicted octanol–water partition coefficient (Wildman–Crippen LogP) is 5.29. The van der Waals surface area contributed by atoms with Gasteiger partial charge in [0.2, 0.25) is 0 Å². The molecule has 2 aliphatic heterocycles. The summed E-state index contributed by atoms with van der Waals surface area (Å²) in [5, 5.41) is 14.8. The fourth-order valence-electron chi connectivity index (χ4n) is 6.43. The zero-order valence-corrected chi connectivity index (χ0v) is 24.1. The summed E-state index contributed by atoms with van der Waals surface area (Å²) in [6.07, 6.45) is 3.34. The lowest BCUT2D eigenvalue weighted by Crippen LogP contribution is -2.48. The summed E-state index contributed by atoms with van der Waals surface area (Å²) < 4.78 is 13.4. The number of carbonyl (C=O) groups is 2. The molecule has 0 bridgehead atoms. The maximum absolute atomic E-state index is 9.10. The van der Waals surface area contributed by atoms with E-state index in [0.29, 0.717) is 0 Å². The van der Waals surface area contributed by atoms with Gasteiger partial charge in [0.05, 0.1) is 6.10 Å². The van der Waals surface area contributed by atoms with Gasteiger partial charge in [-0.25, -0.2) is 9.59 Å². The third-order valence-corrected chi connectivity index (χ3v) is 8.72. The summed E-state index contributed by atoms with van der Waals surface area (Å²) in [7, 11) is 0. The van der Waals surface area contributed by atoms with Crippen LogP contribution in [0.4, 0.5) is 5.69 Å². The molecule has 1 aliphatic carbocycles. The smallest absolute Gasteiger partial charge is 0.414 e. The number of nitrogens with zero attached hydrogens (tertiary/aromatic N) is 1. The lowest BCUT2D eigenvalue weighted by molar-refractivity contribution is -0.159. The summed E-state index contributed by atoms with van der Waals surface area (Å²) in [5.41, 5.74) is 17.2. The highest BCUT2D eigenvalue weighted by Gasteiger charge is 2.40. The quantitative estimate of drug-likeness (QED) is 0.292. The number of nitrogens with two attached hydrogens (primary N) is 1. The fraction of sp³-hybridized carbons (Fsp3) is 0.394. The summed E-state index contributed by atoms with van der Waals surface area (Å²) in [4.78, 5) is 20.8. The van der Waals surface area contributed by atoms with E-state index in [9.17, 15) is 0 Å². The molecule has 0 radical (unpaired) electrons. The Morgan fingerprint density at radius 2 is 1.46 bits per heavy atom. The van der Waals surface area contributed by atoms with Crippen LogP contribution in [0.1, 0.15) is 59.3 Å². The van der Waals surface area contributed by atoms with Gasteiger partial charge in [0, 0.05) is 37.3 Å². The zero-order valence-electron chi connectivity index (χ0n) is 24.1. The van der Waals surface area contributed by atoms with Crippen LogP contribution < -0.4 is 10.5 Å². The number of hydrogen-bond donors (Lipinski definition) is 3. The number of rotatable bonds is 4. The van der Waals surface area contributed by atoms with Crippen LogP contribution in [0.15, 0.2) is 48.5 Å². The highest BCUT2D eigenvalue weighted by atomic mass is 16.5. The van der Waals surface area contributed by atoms with E-state index in [1.807, 2.05) is 0 Å². The molecule has 2 heterocycles. The van der Waals surface area contributed by atoms with Crippen LogP contribution in [-0.4, -0.2) is 58.4 Å². The molecule has 1 atom stereocenters. The van der Waals surface area contributed by atoms with Crippen molar-refractivity contribution in [2.75, 3.05) is 25.4 Å². The van der Waals surface area contributed by atoms with Crippen LogP contribution in [0.25, 0.3) is 11.1 Å². The van der Waals surface area contributed by atoms with Crippen LogP contribution in [0.2, 0.25) is 0 Å². The molecule has 0 aromatic heterocycles. The number of nitrogen functional groups attached to an aromatic ring is 1. The van der Waals surface area contributed by atoms with Crippen LogP contribution in [0.5, 0.6) is 5.75 Å². The first-order chi connectivity index (χ1) is 19.5. The Balaban J connectivity index is 0.000000511. The van der Waals surface area contributed by atoms with Crippen LogP contribution in [0, 0.1) is 20.8 Å². The van der Waals surface area contributed by atoms with Crippen molar-refractivity contribution in [3.05, 3.63) is 81.9 Å². The van der Waals surface area contributed by atoms with Crippen molar-refractivity contribution in [2.24, 2.45) is 0 Å². The number of likely N-dealkylation sites (tertiary alicyclic amines) is 1. The molecule has 1 unspecified atom stereocenters. The van der Waals surface area contributed by atoms with E-state index in [4.69, 9.17) is 35.0 Å². The number of hydrogen-bond acceptors (Lipinski definition) is 6. The van der Waals surface area contributed by atoms with E-state index in [-0.39, 0.29) is 17.8 Å². The van der Waals surface area contributed by atoms with E-state index >= 15 is 0 Å². The molecule has 0 saturated carbocycles. The second-order valence-electron chi connectivity index (χ2n) is 11.6. The van der Waals surface area contributed by atoms with Gasteiger partial charge in [-0.05, 0) is 79.5 Å². The van der Waals surface area contributed by atoms with Crippen molar-refractivity contribution in [1.82, 2.24) is 4.90 Å². The molecule has 216 valence electrons. The Kier molecular flexibility index (Phi) is 7.81. The van der Waals surface area contributed by atoms with Crippen molar-refractivity contribution in [1.29, 1.82) is 0 Å². The first-order valence-corrected chi connectivity index (χ1v) is 14.1. The van der Waals surface area contributed by atoms with Gasteiger partial charge in [-0.1, -0.05) is 48.5 Å². The van der Waals surface area contributed by atoms with Gasteiger partial charge in [0.25, 0.3) is 0 Å². The van der Waals surface area contributed by atoms with Crippen molar-refractivity contribution >= 4 is 17.6 Å². The molecule has 4 N–H and O–H groups in total. The predicted molar refractivity (Wildman–Crippen MR) is 157 cm³/mol. The second-order valence-corrected chi connectivity index (χ2v) is 11.6. The normalized spacial score (nSPS) is 19.9. The van der Waals surface area contributed by atoms with Crippen LogP contribution >= 0.6 is 0 Å². The third kappa shape index (κ3) is 5.54. The Morgan fingerprint density at radius 1 is 0.927 bits per heavy atom. The van der Waals surface area contributed by atoms with Gasteiger partial charge in [-0.2, -0.15) is 0 Å². The van der Waals surface area contributed by atoms with Gasteiger partial charge in [0.15, 0.2) is 0 Å². The minimum absolute atomic E-state index is 0.0452. The first kappa shape index (κ1) is 28.6. The third-order valence-electron chi connectivity index (χ3n) is 8.72. The van der Waals surface area contributed by atoms with E-state index in [1.165, 1.54) is 38.9 Å². The van der Waals surface area contributed by atoms with E-state index in [2.05, 4.69) is 81.1 Å². The molecular weight excluding hydrogens is 520 g/mol. The Labute approximate surface area is 240 Å². The number of anilines is 1. The zero-order chi connectivity index (χ0) is 29.5.